The Morgan fingerprint density at radius 2 is 2.00 bits per heavy atom. The Morgan fingerprint density at radius 3 is 2.50 bits per heavy atom. The van der Waals surface area contributed by atoms with Crippen LogP contribution in [0.3, 0.4) is 0 Å². The molecule has 0 bridgehead atoms. The zero-order valence-corrected chi connectivity index (χ0v) is 12.1. The summed E-state index contributed by atoms with van der Waals surface area (Å²) in [4.78, 5) is 10.8. The van der Waals surface area contributed by atoms with E-state index >= 15 is 0 Å². The maximum Gasteiger partial charge on any atom is 0.305 e. The SMILES string of the molecule is COC(=O)CCCS(=O)(=O)NCC(N)CC(C)C. The highest BCUT2D eigenvalue weighted by Gasteiger charge is 2.14. The molecule has 0 aromatic rings. The lowest BCUT2D eigenvalue weighted by Gasteiger charge is -2.14. The van der Waals surface area contributed by atoms with Crippen LogP contribution in [0.1, 0.15) is 33.1 Å². The predicted molar refractivity (Wildman–Crippen MR) is 70.5 cm³/mol. The number of nitrogens with two attached hydrogens (primary N) is 1. The smallest absolute Gasteiger partial charge is 0.305 e. The molecule has 0 saturated carbocycles. The third-order valence-corrected chi connectivity index (χ3v) is 3.79. The minimum atomic E-state index is -3.35. The van der Waals surface area contributed by atoms with Crippen molar-refractivity contribution in [3.63, 3.8) is 0 Å². The molecule has 0 aromatic carbocycles. The lowest BCUT2D eigenvalue weighted by molar-refractivity contribution is -0.140. The van der Waals surface area contributed by atoms with Crippen molar-refractivity contribution in [2.75, 3.05) is 19.4 Å². The van der Waals surface area contributed by atoms with Crippen LogP contribution in [0, 0.1) is 5.92 Å². The molecular formula is C11H24N2O4S. The van der Waals surface area contributed by atoms with Gasteiger partial charge in [-0.05, 0) is 18.8 Å². The number of hydrogen-bond acceptors (Lipinski definition) is 5. The van der Waals surface area contributed by atoms with Crippen LogP contribution in [0.2, 0.25) is 0 Å². The Balaban J connectivity index is 3.90. The zero-order valence-electron chi connectivity index (χ0n) is 11.3. The third kappa shape index (κ3) is 9.38. The Labute approximate surface area is 109 Å². The lowest BCUT2D eigenvalue weighted by atomic mass is 10.1. The first-order valence-electron chi connectivity index (χ1n) is 6.06. The maximum atomic E-state index is 11.6. The normalized spacial score (nSPS) is 13.6. The highest BCUT2D eigenvalue weighted by Crippen LogP contribution is 2.02. The summed E-state index contributed by atoms with van der Waals surface area (Å²) in [6, 6.07) is -0.180. The molecular weight excluding hydrogens is 256 g/mol. The van der Waals surface area contributed by atoms with Crippen molar-refractivity contribution >= 4 is 16.0 Å². The number of carbonyl (C=O) groups is 1. The van der Waals surface area contributed by atoms with Crippen molar-refractivity contribution in [3.8, 4) is 0 Å². The van der Waals surface area contributed by atoms with Crippen LogP contribution in [0.5, 0.6) is 0 Å². The Bertz CT molecular complexity index is 341. The molecule has 0 aliphatic carbocycles. The minimum Gasteiger partial charge on any atom is -0.469 e. The number of methoxy groups -OCH3 is 1. The van der Waals surface area contributed by atoms with Gasteiger partial charge < -0.3 is 10.5 Å². The Hall–Kier alpha value is -0.660. The van der Waals surface area contributed by atoms with Gasteiger partial charge in [-0.3, -0.25) is 4.79 Å². The predicted octanol–water partition coefficient (Wildman–Crippen LogP) is 0.232. The van der Waals surface area contributed by atoms with Crippen LogP contribution in [-0.4, -0.2) is 39.8 Å². The van der Waals surface area contributed by atoms with E-state index in [-0.39, 0.29) is 31.2 Å². The first-order chi connectivity index (χ1) is 8.26. The first-order valence-corrected chi connectivity index (χ1v) is 7.71. The minimum absolute atomic E-state index is 0.0868. The van der Waals surface area contributed by atoms with Crippen molar-refractivity contribution in [2.45, 2.75) is 39.2 Å². The second-order valence-corrected chi connectivity index (χ2v) is 6.66. The van der Waals surface area contributed by atoms with E-state index in [9.17, 15) is 13.2 Å². The standard InChI is InChI=1S/C11H24N2O4S/c1-9(2)7-10(12)8-13-18(15,16)6-4-5-11(14)17-3/h9-10,13H,4-8,12H2,1-3H3. The fraction of sp³-hybridized carbons (Fsp3) is 0.909. The van der Waals surface area contributed by atoms with Gasteiger partial charge in [0.2, 0.25) is 10.0 Å². The summed E-state index contributed by atoms with van der Waals surface area (Å²) in [5.41, 5.74) is 5.78. The molecule has 3 N–H and O–H groups in total. The number of nitrogens with one attached hydrogen (secondary N) is 1. The van der Waals surface area contributed by atoms with Gasteiger partial charge in [0.15, 0.2) is 0 Å². The number of hydrogen-bond donors (Lipinski definition) is 2. The average Bonchev–Trinajstić information content (AvgIpc) is 2.25. The zero-order chi connectivity index (χ0) is 14.2. The molecule has 108 valence electrons. The van der Waals surface area contributed by atoms with Gasteiger partial charge in [-0.1, -0.05) is 13.8 Å². The van der Waals surface area contributed by atoms with Gasteiger partial charge >= 0.3 is 5.97 Å². The second-order valence-electron chi connectivity index (χ2n) is 4.74. The van der Waals surface area contributed by atoms with Gasteiger partial charge in [-0.15, -0.1) is 0 Å². The van der Waals surface area contributed by atoms with Crippen molar-refractivity contribution in [1.29, 1.82) is 0 Å². The summed E-state index contributed by atoms with van der Waals surface area (Å²) in [7, 11) is -2.08. The number of carbonyl (C=O) groups excluding carboxylic acids is 1. The molecule has 1 atom stereocenters. The van der Waals surface area contributed by atoms with Gasteiger partial charge in [0.05, 0.1) is 12.9 Å². The van der Waals surface area contributed by atoms with E-state index < -0.39 is 16.0 Å². The summed E-state index contributed by atoms with van der Waals surface area (Å²) in [6.07, 6.45) is 1.13. The second kappa shape index (κ2) is 8.44. The van der Waals surface area contributed by atoms with Crippen LogP contribution in [-0.2, 0) is 19.6 Å². The van der Waals surface area contributed by atoms with Crippen molar-refractivity contribution in [3.05, 3.63) is 0 Å². The largest absolute Gasteiger partial charge is 0.469 e. The van der Waals surface area contributed by atoms with E-state index in [2.05, 4.69) is 9.46 Å². The molecule has 6 nitrogen and oxygen atoms in total. The molecule has 0 rings (SSSR count). The van der Waals surface area contributed by atoms with Crippen molar-refractivity contribution < 1.29 is 17.9 Å². The highest BCUT2D eigenvalue weighted by molar-refractivity contribution is 7.89. The van der Waals surface area contributed by atoms with Crippen molar-refractivity contribution in [1.82, 2.24) is 4.72 Å². The molecule has 0 spiro atoms. The van der Waals surface area contributed by atoms with Gasteiger partial charge in [0.1, 0.15) is 0 Å². The molecule has 7 heteroatoms. The Morgan fingerprint density at radius 1 is 1.39 bits per heavy atom. The molecule has 0 saturated heterocycles. The van der Waals surface area contributed by atoms with E-state index in [1.807, 2.05) is 13.8 Å². The molecule has 0 aromatic heterocycles. The monoisotopic (exact) mass is 280 g/mol. The van der Waals surface area contributed by atoms with Gasteiger partial charge in [0.25, 0.3) is 0 Å². The molecule has 0 fully saturated rings. The Kier molecular flexibility index (Phi) is 8.13. The molecule has 1 unspecified atom stereocenters. The van der Waals surface area contributed by atoms with Gasteiger partial charge in [-0.2, -0.15) is 0 Å². The van der Waals surface area contributed by atoms with E-state index in [1.165, 1.54) is 7.11 Å². The van der Waals surface area contributed by atoms with Gasteiger partial charge in [-0.25, -0.2) is 13.1 Å². The molecule has 0 aliphatic heterocycles. The first kappa shape index (κ1) is 17.3. The number of sulfonamides is 1. The van der Waals surface area contributed by atoms with E-state index in [4.69, 9.17) is 5.73 Å². The quantitative estimate of drug-likeness (QED) is 0.589. The molecule has 0 radical (unpaired) electrons. The van der Waals surface area contributed by atoms with E-state index in [1.54, 1.807) is 0 Å². The van der Waals surface area contributed by atoms with Crippen LogP contribution >= 0.6 is 0 Å². The molecule has 0 aliphatic rings. The van der Waals surface area contributed by atoms with E-state index in [0.29, 0.717) is 5.92 Å². The van der Waals surface area contributed by atoms with Crippen LogP contribution in [0.25, 0.3) is 0 Å². The molecule has 0 heterocycles. The summed E-state index contributed by atoms with van der Waals surface area (Å²) in [5.74, 6) is -0.0539. The van der Waals surface area contributed by atoms with Crippen LogP contribution < -0.4 is 10.5 Å². The van der Waals surface area contributed by atoms with Gasteiger partial charge in [0, 0.05) is 19.0 Å². The summed E-state index contributed by atoms with van der Waals surface area (Å²) >= 11 is 0. The number of rotatable bonds is 9. The third-order valence-electron chi connectivity index (χ3n) is 2.36. The maximum absolute atomic E-state index is 11.6. The van der Waals surface area contributed by atoms with Crippen LogP contribution in [0.4, 0.5) is 0 Å². The lowest BCUT2D eigenvalue weighted by Crippen LogP contribution is -2.39. The van der Waals surface area contributed by atoms with Crippen LogP contribution in [0.15, 0.2) is 0 Å². The average molecular weight is 280 g/mol. The topological polar surface area (TPSA) is 98.5 Å². The summed E-state index contributed by atoms with van der Waals surface area (Å²) < 4.78 is 30.0. The highest BCUT2D eigenvalue weighted by atomic mass is 32.2. The summed E-state index contributed by atoms with van der Waals surface area (Å²) in [6.45, 7) is 4.30. The van der Waals surface area contributed by atoms with Crippen molar-refractivity contribution in [2.24, 2.45) is 11.7 Å². The summed E-state index contributed by atoms with van der Waals surface area (Å²) in [5, 5.41) is 0. The number of ether oxygens (including phenoxy) is 1. The fourth-order valence-electron chi connectivity index (χ4n) is 1.50. The molecule has 18 heavy (non-hydrogen) atoms. The number of esters is 1. The molecule has 0 amide bonds. The van der Waals surface area contributed by atoms with E-state index in [0.717, 1.165) is 6.42 Å². The fourth-order valence-corrected chi connectivity index (χ4v) is 2.64.